The summed E-state index contributed by atoms with van der Waals surface area (Å²) >= 11 is 0. The molecule has 0 aromatic carbocycles. The molecule has 0 aliphatic heterocycles. The Morgan fingerprint density at radius 2 is 1.57 bits per heavy atom. The van der Waals surface area contributed by atoms with Crippen molar-refractivity contribution in [2.75, 3.05) is 27.4 Å². The molecule has 2 heteroatoms. The van der Waals surface area contributed by atoms with Gasteiger partial charge in [-0.15, -0.1) is 0 Å². The first-order valence-corrected chi connectivity index (χ1v) is 5.77. The lowest BCUT2D eigenvalue weighted by Gasteiger charge is -2.37. The van der Waals surface area contributed by atoms with E-state index in [1.165, 1.54) is 32.1 Å². The van der Waals surface area contributed by atoms with Gasteiger partial charge in [-0.05, 0) is 25.2 Å². The SMILES string of the molecule is CCC(COC)(COC)C1CCCC1. The average molecular weight is 200 g/mol. The van der Waals surface area contributed by atoms with Crippen molar-refractivity contribution in [1.29, 1.82) is 0 Å². The van der Waals surface area contributed by atoms with Gasteiger partial charge in [-0.25, -0.2) is 0 Å². The van der Waals surface area contributed by atoms with Gasteiger partial charge in [0.1, 0.15) is 0 Å². The zero-order valence-electron chi connectivity index (χ0n) is 9.84. The standard InChI is InChI=1S/C12H24O2/c1-4-12(9-13-2,10-14-3)11-7-5-6-8-11/h11H,4-10H2,1-3H3. The highest BCUT2D eigenvalue weighted by Crippen LogP contribution is 2.42. The molecule has 0 saturated heterocycles. The first kappa shape index (κ1) is 12.0. The molecule has 0 bridgehead atoms. The van der Waals surface area contributed by atoms with Gasteiger partial charge in [0.15, 0.2) is 0 Å². The maximum atomic E-state index is 5.38. The topological polar surface area (TPSA) is 18.5 Å². The molecule has 0 heterocycles. The van der Waals surface area contributed by atoms with Crippen LogP contribution in [0.15, 0.2) is 0 Å². The number of hydrogen-bond donors (Lipinski definition) is 0. The van der Waals surface area contributed by atoms with Crippen LogP contribution in [-0.4, -0.2) is 27.4 Å². The summed E-state index contributed by atoms with van der Waals surface area (Å²) in [6.45, 7) is 3.96. The van der Waals surface area contributed by atoms with E-state index in [2.05, 4.69) is 6.92 Å². The fraction of sp³-hybridized carbons (Fsp3) is 1.00. The Kier molecular flexibility index (Phi) is 4.90. The lowest BCUT2D eigenvalue weighted by Crippen LogP contribution is -2.37. The molecule has 1 aliphatic rings. The molecule has 84 valence electrons. The minimum Gasteiger partial charge on any atom is -0.384 e. The van der Waals surface area contributed by atoms with E-state index in [0.717, 1.165) is 19.1 Å². The largest absolute Gasteiger partial charge is 0.384 e. The lowest BCUT2D eigenvalue weighted by atomic mass is 9.73. The minimum absolute atomic E-state index is 0.278. The second-order valence-corrected chi connectivity index (χ2v) is 4.56. The van der Waals surface area contributed by atoms with Crippen molar-refractivity contribution < 1.29 is 9.47 Å². The Morgan fingerprint density at radius 3 is 1.93 bits per heavy atom. The van der Waals surface area contributed by atoms with Crippen molar-refractivity contribution in [3.63, 3.8) is 0 Å². The van der Waals surface area contributed by atoms with Crippen LogP contribution < -0.4 is 0 Å². The summed E-state index contributed by atoms with van der Waals surface area (Å²) in [6.07, 6.45) is 6.67. The van der Waals surface area contributed by atoms with E-state index in [1.807, 2.05) is 0 Å². The van der Waals surface area contributed by atoms with Gasteiger partial charge in [0.25, 0.3) is 0 Å². The maximum Gasteiger partial charge on any atom is 0.0543 e. The van der Waals surface area contributed by atoms with Crippen LogP contribution in [0.4, 0.5) is 0 Å². The molecule has 0 N–H and O–H groups in total. The summed E-state index contributed by atoms with van der Waals surface area (Å²) in [5.74, 6) is 0.812. The number of hydrogen-bond acceptors (Lipinski definition) is 2. The second-order valence-electron chi connectivity index (χ2n) is 4.56. The Balaban J connectivity index is 2.64. The van der Waals surface area contributed by atoms with Crippen molar-refractivity contribution in [2.45, 2.75) is 39.0 Å². The third-order valence-electron chi connectivity index (χ3n) is 3.79. The van der Waals surface area contributed by atoms with Crippen LogP contribution in [0.5, 0.6) is 0 Å². The second kappa shape index (κ2) is 5.72. The van der Waals surface area contributed by atoms with Gasteiger partial charge in [-0.1, -0.05) is 19.8 Å². The molecule has 1 rings (SSSR count). The van der Waals surface area contributed by atoms with Gasteiger partial charge in [-0.2, -0.15) is 0 Å². The van der Waals surface area contributed by atoms with Gasteiger partial charge >= 0.3 is 0 Å². The number of methoxy groups -OCH3 is 2. The first-order valence-electron chi connectivity index (χ1n) is 5.77. The summed E-state index contributed by atoms with van der Waals surface area (Å²) in [6, 6.07) is 0. The Hall–Kier alpha value is -0.0800. The normalized spacial score (nSPS) is 19.1. The minimum atomic E-state index is 0.278. The van der Waals surface area contributed by atoms with Crippen molar-refractivity contribution in [3.8, 4) is 0 Å². The van der Waals surface area contributed by atoms with Crippen molar-refractivity contribution in [2.24, 2.45) is 11.3 Å². The molecule has 2 nitrogen and oxygen atoms in total. The maximum absolute atomic E-state index is 5.38. The van der Waals surface area contributed by atoms with Crippen LogP contribution in [0.3, 0.4) is 0 Å². The summed E-state index contributed by atoms with van der Waals surface area (Å²) in [5.41, 5.74) is 0.278. The molecule has 0 aromatic rings. The predicted octanol–water partition coefficient (Wildman–Crippen LogP) is 2.87. The van der Waals surface area contributed by atoms with E-state index in [4.69, 9.17) is 9.47 Å². The van der Waals surface area contributed by atoms with Crippen molar-refractivity contribution in [3.05, 3.63) is 0 Å². The summed E-state index contributed by atoms with van der Waals surface area (Å²) in [4.78, 5) is 0. The van der Waals surface area contributed by atoms with Crippen LogP contribution in [-0.2, 0) is 9.47 Å². The van der Waals surface area contributed by atoms with E-state index in [-0.39, 0.29) is 5.41 Å². The van der Waals surface area contributed by atoms with Gasteiger partial charge in [-0.3, -0.25) is 0 Å². The van der Waals surface area contributed by atoms with E-state index < -0.39 is 0 Å². The third-order valence-corrected chi connectivity index (χ3v) is 3.79. The monoisotopic (exact) mass is 200 g/mol. The fourth-order valence-corrected chi connectivity index (χ4v) is 2.88. The molecule has 1 aliphatic carbocycles. The van der Waals surface area contributed by atoms with Crippen LogP contribution in [0.1, 0.15) is 39.0 Å². The predicted molar refractivity (Wildman–Crippen MR) is 58.4 cm³/mol. The molecular weight excluding hydrogens is 176 g/mol. The van der Waals surface area contributed by atoms with Gasteiger partial charge < -0.3 is 9.47 Å². The van der Waals surface area contributed by atoms with Crippen molar-refractivity contribution in [1.82, 2.24) is 0 Å². The highest BCUT2D eigenvalue weighted by Gasteiger charge is 2.38. The molecule has 14 heavy (non-hydrogen) atoms. The lowest BCUT2D eigenvalue weighted by molar-refractivity contribution is -0.0311. The van der Waals surface area contributed by atoms with Crippen LogP contribution >= 0.6 is 0 Å². The molecule has 0 radical (unpaired) electrons. The van der Waals surface area contributed by atoms with E-state index >= 15 is 0 Å². The van der Waals surface area contributed by atoms with Crippen LogP contribution in [0.2, 0.25) is 0 Å². The van der Waals surface area contributed by atoms with Gasteiger partial charge in [0.05, 0.1) is 13.2 Å². The van der Waals surface area contributed by atoms with Gasteiger partial charge in [0, 0.05) is 19.6 Å². The highest BCUT2D eigenvalue weighted by atomic mass is 16.5. The molecule has 0 aromatic heterocycles. The fourth-order valence-electron chi connectivity index (χ4n) is 2.88. The molecule has 0 atom stereocenters. The summed E-state index contributed by atoms with van der Waals surface area (Å²) < 4.78 is 10.8. The Bertz CT molecular complexity index is 144. The van der Waals surface area contributed by atoms with Gasteiger partial charge in [0.2, 0.25) is 0 Å². The number of ether oxygens (including phenoxy) is 2. The molecule has 0 spiro atoms. The van der Waals surface area contributed by atoms with Crippen LogP contribution in [0, 0.1) is 11.3 Å². The Labute approximate surface area is 88.0 Å². The number of rotatable bonds is 6. The molecular formula is C12H24O2. The molecule has 1 fully saturated rings. The van der Waals surface area contributed by atoms with Crippen molar-refractivity contribution >= 4 is 0 Å². The van der Waals surface area contributed by atoms with E-state index in [9.17, 15) is 0 Å². The smallest absolute Gasteiger partial charge is 0.0543 e. The van der Waals surface area contributed by atoms with Crippen LogP contribution in [0.25, 0.3) is 0 Å². The first-order chi connectivity index (χ1) is 6.79. The Morgan fingerprint density at radius 1 is 1.07 bits per heavy atom. The van der Waals surface area contributed by atoms with E-state index in [1.54, 1.807) is 14.2 Å². The molecule has 0 unspecified atom stereocenters. The third kappa shape index (κ3) is 2.48. The molecule has 0 amide bonds. The highest BCUT2D eigenvalue weighted by molar-refractivity contribution is 4.88. The summed E-state index contributed by atoms with van der Waals surface area (Å²) in [5, 5.41) is 0. The van der Waals surface area contributed by atoms with E-state index in [0.29, 0.717) is 0 Å². The average Bonchev–Trinajstić information content (AvgIpc) is 2.70. The summed E-state index contributed by atoms with van der Waals surface area (Å²) in [7, 11) is 3.60. The zero-order chi connectivity index (χ0) is 10.4. The zero-order valence-corrected chi connectivity index (χ0v) is 9.84. The molecule has 1 saturated carbocycles. The quantitative estimate of drug-likeness (QED) is 0.656.